The zero-order valence-electron chi connectivity index (χ0n) is 22.2. The van der Waals surface area contributed by atoms with Crippen LogP contribution in [0.4, 0.5) is 11.5 Å². The van der Waals surface area contributed by atoms with E-state index in [1.54, 1.807) is 4.57 Å². The summed E-state index contributed by atoms with van der Waals surface area (Å²) in [4.78, 5) is 19.2. The third-order valence-electron chi connectivity index (χ3n) is 7.41. The molecule has 0 amide bonds. The minimum absolute atomic E-state index is 0.214. The van der Waals surface area contributed by atoms with Gasteiger partial charge in [0, 0.05) is 48.4 Å². The first-order valence-corrected chi connectivity index (χ1v) is 13.7. The summed E-state index contributed by atoms with van der Waals surface area (Å²) < 4.78 is 13.5. The van der Waals surface area contributed by atoms with Crippen LogP contribution in [-0.4, -0.2) is 57.8 Å². The number of benzene rings is 3. The Bertz CT molecular complexity index is 1460. The van der Waals surface area contributed by atoms with Crippen LogP contribution in [0.1, 0.15) is 12.5 Å². The minimum atomic E-state index is -0.646. The maximum absolute atomic E-state index is 10.9. The second-order valence-corrected chi connectivity index (χ2v) is 11.0. The van der Waals surface area contributed by atoms with E-state index in [0.717, 1.165) is 54.6 Å². The highest BCUT2D eigenvalue weighted by Crippen LogP contribution is 2.32. The van der Waals surface area contributed by atoms with Gasteiger partial charge >= 0.3 is 11.8 Å². The lowest BCUT2D eigenvalue weighted by atomic mass is 10.0. The van der Waals surface area contributed by atoms with Crippen molar-refractivity contribution in [3.05, 3.63) is 99.7 Å². The Morgan fingerprint density at radius 2 is 1.62 bits per heavy atom. The lowest BCUT2D eigenvalue weighted by molar-refractivity contribution is -0.389. The highest BCUT2D eigenvalue weighted by Gasteiger charge is 2.41. The van der Waals surface area contributed by atoms with Crippen LogP contribution in [0.25, 0.3) is 11.1 Å². The van der Waals surface area contributed by atoms with Crippen molar-refractivity contribution in [2.45, 2.75) is 25.6 Å². The molecule has 3 heterocycles. The number of hydrogen-bond donors (Lipinski definition) is 0. The van der Waals surface area contributed by atoms with Gasteiger partial charge in [-0.05, 0) is 64.9 Å². The molecule has 4 aromatic rings. The molecule has 0 bridgehead atoms. The largest absolute Gasteiger partial charge is 0.489 e. The monoisotopic (exact) mass is 559 g/mol. The number of rotatable bonds is 8. The summed E-state index contributed by atoms with van der Waals surface area (Å²) in [7, 11) is 0. The fourth-order valence-corrected chi connectivity index (χ4v) is 5.34. The van der Waals surface area contributed by atoms with Crippen LogP contribution < -0.4 is 14.4 Å². The zero-order valence-corrected chi connectivity index (χ0v) is 23.0. The molecule has 1 unspecified atom stereocenters. The first kappa shape index (κ1) is 26.2. The zero-order chi connectivity index (χ0) is 27.7. The number of anilines is 1. The number of piperazine rings is 1. The normalized spacial score (nSPS) is 18.8. The topological polar surface area (TPSA) is 85.9 Å². The van der Waals surface area contributed by atoms with Gasteiger partial charge in [0.2, 0.25) is 0 Å². The highest BCUT2D eigenvalue weighted by atomic mass is 35.5. The molecule has 0 saturated carbocycles. The average molecular weight is 560 g/mol. The standard InChI is InChI=1S/C30H30ClN5O4/c1-30(20-35-19-28(36(37)38)32-29(35)40-30)21-39-27-12-6-24(7-13-27)23-4-10-26(11-5-23)34-16-14-33(15-17-34)18-22-2-8-25(31)9-3-22/h2-13,19H,14-18,20-21H2,1H3. The fraction of sp³-hybridized carbons (Fsp3) is 0.300. The Labute approximate surface area is 237 Å². The van der Waals surface area contributed by atoms with Gasteiger partial charge < -0.3 is 24.5 Å². The summed E-state index contributed by atoms with van der Waals surface area (Å²) in [5, 5.41) is 11.7. The summed E-state index contributed by atoms with van der Waals surface area (Å²) in [5.74, 6) is 0.520. The van der Waals surface area contributed by atoms with Crippen molar-refractivity contribution in [1.82, 2.24) is 14.5 Å². The first-order chi connectivity index (χ1) is 19.3. The Morgan fingerprint density at radius 3 is 2.25 bits per heavy atom. The highest BCUT2D eigenvalue weighted by molar-refractivity contribution is 6.30. The summed E-state index contributed by atoms with van der Waals surface area (Å²) in [6, 6.07) is 25.1. The molecule has 206 valence electrons. The minimum Gasteiger partial charge on any atom is -0.489 e. The number of fused-ring (bicyclic) bond motifs is 1. The molecule has 9 nitrogen and oxygen atoms in total. The second-order valence-electron chi connectivity index (χ2n) is 10.6. The Hall–Kier alpha value is -4.08. The molecule has 3 aromatic carbocycles. The van der Waals surface area contributed by atoms with Crippen molar-refractivity contribution in [3.63, 3.8) is 0 Å². The molecular formula is C30H30ClN5O4. The Kier molecular flexibility index (Phi) is 7.08. The quantitative estimate of drug-likeness (QED) is 0.203. The van der Waals surface area contributed by atoms with Gasteiger partial charge in [0.1, 0.15) is 18.6 Å². The van der Waals surface area contributed by atoms with Crippen molar-refractivity contribution >= 4 is 23.1 Å². The molecule has 1 saturated heterocycles. The van der Waals surface area contributed by atoms with E-state index in [1.807, 2.05) is 43.3 Å². The lowest BCUT2D eigenvalue weighted by Gasteiger charge is -2.36. The second kappa shape index (κ2) is 10.8. The van der Waals surface area contributed by atoms with Crippen molar-refractivity contribution < 1.29 is 14.4 Å². The number of ether oxygens (including phenoxy) is 2. The van der Waals surface area contributed by atoms with Crippen LogP contribution in [0, 0.1) is 10.1 Å². The molecule has 40 heavy (non-hydrogen) atoms. The average Bonchev–Trinajstić information content (AvgIpc) is 3.50. The van der Waals surface area contributed by atoms with Gasteiger partial charge in [0.05, 0.1) is 6.54 Å². The molecule has 1 fully saturated rings. The van der Waals surface area contributed by atoms with E-state index in [1.165, 1.54) is 17.4 Å². The van der Waals surface area contributed by atoms with E-state index >= 15 is 0 Å². The Balaban J connectivity index is 0.997. The third-order valence-corrected chi connectivity index (χ3v) is 7.66. The Morgan fingerprint density at radius 1 is 0.975 bits per heavy atom. The van der Waals surface area contributed by atoms with Gasteiger partial charge in [-0.2, -0.15) is 0 Å². The first-order valence-electron chi connectivity index (χ1n) is 13.3. The molecule has 6 rings (SSSR count). The van der Waals surface area contributed by atoms with Crippen molar-refractivity contribution in [2.75, 3.05) is 37.7 Å². The summed E-state index contributed by atoms with van der Waals surface area (Å²) in [6.07, 6.45) is 1.39. The van der Waals surface area contributed by atoms with Crippen molar-refractivity contribution in [2.24, 2.45) is 0 Å². The summed E-state index contributed by atoms with van der Waals surface area (Å²) in [5.41, 5.74) is 4.15. The number of aromatic nitrogens is 2. The molecule has 10 heteroatoms. The van der Waals surface area contributed by atoms with Gasteiger partial charge in [0.15, 0.2) is 5.60 Å². The van der Waals surface area contributed by atoms with E-state index in [0.29, 0.717) is 13.2 Å². The predicted octanol–water partition coefficient (Wildman–Crippen LogP) is 5.66. The van der Waals surface area contributed by atoms with Gasteiger partial charge in [0.25, 0.3) is 0 Å². The fourth-order valence-electron chi connectivity index (χ4n) is 5.21. The van der Waals surface area contributed by atoms with Crippen LogP contribution in [0.2, 0.25) is 5.02 Å². The van der Waals surface area contributed by atoms with Crippen LogP contribution in [0.15, 0.2) is 79.0 Å². The van der Waals surface area contributed by atoms with E-state index < -0.39 is 10.5 Å². The number of imidazole rings is 1. The summed E-state index contributed by atoms with van der Waals surface area (Å²) >= 11 is 6.01. The number of nitro groups is 1. The number of halogens is 1. The molecule has 1 atom stereocenters. The molecule has 1 aromatic heterocycles. The molecule has 2 aliphatic heterocycles. The van der Waals surface area contributed by atoms with Gasteiger partial charge in [-0.1, -0.05) is 48.0 Å². The number of hydrogen-bond acceptors (Lipinski definition) is 7. The molecule has 2 aliphatic rings. The van der Waals surface area contributed by atoms with Crippen molar-refractivity contribution in [3.8, 4) is 22.9 Å². The van der Waals surface area contributed by atoms with E-state index in [2.05, 4.69) is 51.2 Å². The van der Waals surface area contributed by atoms with Crippen LogP contribution in [0.5, 0.6) is 11.8 Å². The van der Waals surface area contributed by atoms with Gasteiger partial charge in [-0.15, -0.1) is 0 Å². The lowest BCUT2D eigenvalue weighted by Crippen LogP contribution is -2.45. The smallest absolute Gasteiger partial charge is 0.415 e. The summed E-state index contributed by atoms with van der Waals surface area (Å²) in [6.45, 7) is 7.64. The van der Waals surface area contributed by atoms with Crippen molar-refractivity contribution in [1.29, 1.82) is 0 Å². The molecule has 0 radical (unpaired) electrons. The van der Waals surface area contributed by atoms with E-state index in [4.69, 9.17) is 21.1 Å². The predicted molar refractivity (Wildman–Crippen MR) is 154 cm³/mol. The number of nitrogens with zero attached hydrogens (tertiary/aromatic N) is 5. The SMILES string of the molecule is CC1(COc2ccc(-c3ccc(N4CCN(Cc5ccc(Cl)cc5)CC4)cc3)cc2)Cn2cc([N+](=O)[O-])nc2O1. The van der Waals surface area contributed by atoms with Crippen LogP contribution >= 0.6 is 11.6 Å². The molecule has 0 N–H and O–H groups in total. The maximum Gasteiger partial charge on any atom is 0.415 e. The van der Waals surface area contributed by atoms with Gasteiger partial charge in [-0.3, -0.25) is 9.47 Å². The maximum atomic E-state index is 10.9. The molecule has 0 spiro atoms. The molecule has 0 aliphatic carbocycles. The van der Waals surface area contributed by atoms with E-state index in [9.17, 15) is 10.1 Å². The van der Waals surface area contributed by atoms with Gasteiger partial charge in [-0.25, -0.2) is 0 Å². The van der Waals surface area contributed by atoms with E-state index in [-0.39, 0.29) is 11.8 Å². The van der Waals surface area contributed by atoms with Crippen LogP contribution in [0.3, 0.4) is 0 Å². The third kappa shape index (κ3) is 5.76. The molecular weight excluding hydrogens is 530 g/mol. The van der Waals surface area contributed by atoms with Crippen LogP contribution in [-0.2, 0) is 13.1 Å².